The predicted molar refractivity (Wildman–Crippen MR) is 142 cm³/mol. The Labute approximate surface area is 212 Å². The zero-order valence-electron chi connectivity index (χ0n) is 18.8. The molecule has 0 bridgehead atoms. The molecule has 5 aromatic rings. The monoisotopic (exact) mass is 504 g/mol. The molecule has 0 aliphatic rings. The van der Waals surface area contributed by atoms with Gasteiger partial charge in [0.25, 0.3) is 5.56 Å². The molecular formula is C28H22Cl2N2O3. The summed E-state index contributed by atoms with van der Waals surface area (Å²) in [7, 11) is 0. The van der Waals surface area contributed by atoms with Crippen molar-refractivity contribution < 1.29 is 9.47 Å². The molecule has 0 N–H and O–H groups in total. The van der Waals surface area contributed by atoms with E-state index in [1.165, 1.54) is 0 Å². The molecule has 0 unspecified atom stereocenters. The molecule has 5 rings (SSSR count). The van der Waals surface area contributed by atoms with Crippen molar-refractivity contribution in [1.82, 2.24) is 9.55 Å². The number of ether oxygens (including phenoxy) is 2. The van der Waals surface area contributed by atoms with Gasteiger partial charge in [0, 0.05) is 26.4 Å². The van der Waals surface area contributed by atoms with Crippen LogP contribution in [0, 0.1) is 0 Å². The quantitative estimate of drug-likeness (QED) is 0.223. The van der Waals surface area contributed by atoms with Crippen molar-refractivity contribution in [1.29, 1.82) is 0 Å². The number of hydrogen-bond acceptors (Lipinski definition) is 4. The minimum absolute atomic E-state index is 0.104. The van der Waals surface area contributed by atoms with E-state index in [9.17, 15) is 4.79 Å². The highest BCUT2D eigenvalue weighted by Gasteiger charge is 2.13. The molecule has 0 spiro atoms. The highest BCUT2D eigenvalue weighted by atomic mass is 35.5. The third kappa shape index (κ3) is 5.03. The molecule has 7 heteroatoms. The van der Waals surface area contributed by atoms with Crippen LogP contribution in [-0.4, -0.2) is 29.4 Å². The van der Waals surface area contributed by atoms with Crippen LogP contribution in [0.4, 0.5) is 0 Å². The molecule has 5 nitrogen and oxygen atoms in total. The van der Waals surface area contributed by atoms with Crippen LogP contribution in [0.25, 0.3) is 33.1 Å². The second-order valence-electron chi connectivity index (χ2n) is 7.97. The molecule has 0 atom stereocenters. The Bertz CT molecular complexity index is 1550. The molecule has 0 saturated carbocycles. The number of fused-ring (bicyclic) bond motifs is 2. The van der Waals surface area contributed by atoms with Crippen molar-refractivity contribution in [3.05, 3.63) is 105 Å². The summed E-state index contributed by atoms with van der Waals surface area (Å²) in [4.78, 5) is 18.0. The molecule has 0 fully saturated rings. The van der Waals surface area contributed by atoms with E-state index in [-0.39, 0.29) is 5.56 Å². The summed E-state index contributed by atoms with van der Waals surface area (Å²) in [5.74, 6) is 1.34. The highest BCUT2D eigenvalue weighted by Crippen LogP contribution is 2.31. The van der Waals surface area contributed by atoms with Crippen LogP contribution in [0.2, 0.25) is 10.0 Å². The van der Waals surface area contributed by atoms with Gasteiger partial charge >= 0.3 is 0 Å². The van der Waals surface area contributed by atoms with Crippen LogP contribution in [0.15, 0.2) is 89.7 Å². The smallest absolute Gasteiger partial charge is 0.261 e. The van der Waals surface area contributed by atoms with Crippen molar-refractivity contribution in [2.75, 3.05) is 19.8 Å². The average molecular weight is 505 g/mol. The first-order valence-corrected chi connectivity index (χ1v) is 12.0. The lowest BCUT2D eigenvalue weighted by Gasteiger charge is -2.14. The fraction of sp³-hybridized carbons (Fsp3) is 0.143. The summed E-state index contributed by atoms with van der Waals surface area (Å²) >= 11 is 12.3. The van der Waals surface area contributed by atoms with E-state index >= 15 is 0 Å². The van der Waals surface area contributed by atoms with Crippen LogP contribution in [0.1, 0.15) is 0 Å². The first kappa shape index (κ1) is 23.4. The molecule has 0 amide bonds. The van der Waals surface area contributed by atoms with Gasteiger partial charge in [0.05, 0.1) is 30.7 Å². The molecule has 1 heterocycles. The van der Waals surface area contributed by atoms with Crippen LogP contribution in [0.5, 0.6) is 5.75 Å². The number of nitrogens with zero attached hydrogens (tertiary/aromatic N) is 2. The summed E-state index contributed by atoms with van der Waals surface area (Å²) in [6.45, 7) is 1.45. The molecule has 0 saturated heterocycles. The molecular weight excluding hydrogens is 483 g/mol. The highest BCUT2D eigenvalue weighted by molar-refractivity contribution is 6.35. The zero-order chi connectivity index (χ0) is 24.2. The lowest BCUT2D eigenvalue weighted by molar-refractivity contribution is 0.0945. The van der Waals surface area contributed by atoms with E-state index in [2.05, 4.69) is 0 Å². The normalized spacial score (nSPS) is 11.3. The third-order valence-electron chi connectivity index (χ3n) is 5.74. The number of para-hydroxylation sites is 1. The van der Waals surface area contributed by atoms with Gasteiger partial charge in [0.2, 0.25) is 0 Å². The number of benzene rings is 4. The first-order chi connectivity index (χ1) is 17.1. The summed E-state index contributed by atoms with van der Waals surface area (Å²) in [5.41, 5.74) is 1.37. The van der Waals surface area contributed by atoms with Gasteiger partial charge in [-0.2, -0.15) is 0 Å². The second-order valence-corrected chi connectivity index (χ2v) is 8.81. The molecule has 35 heavy (non-hydrogen) atoms. The predicted octanol–water partition coefficient (Wildman–Crippen LogP) is 6.62. The molecule has 0 aliphatic heterocycles. The minimum atomic E-state index is -0.104. The van der Waals surface area contributed by atoms with E-state index in [0.29, 0.717) is 53.1 Å². The summed E-state index contributed by atoms with van der Waals surface area (Å²) < 4.78 is 13.4. The molecule has 176 valence electrons. The van der Waals surface area contributed by atoms with Crippen molar-refractivity contribution in [2.24, 2.45) is 0 Å². The molecule has 0 radical (unpaired) electrons. The van der Waals surface area contributed by atoms with Gasteiger partial charge in [0.15, 0.2) is 0 Å². The Morgan fingerprint density at radius 1 is 0.743 bits per heavy atom. The summed E-state index contributed by atoms with van der Waals surface area (Å²) in [6.07, 6.45) is 0. The Kier molecular flexibility index (Phi) is 7.00. The van der Waals surface area contributed by atoms with E-state index in [4.69, 9.17) is 37.7 Å². The van der Waals surface area contributed by atoms with Gasteiger partial charge in [0.1, 0.15) is 18.2 Å². The topological polar surface area (TPSA) is 53.4 Å². The van der Waals surface area contributed by atoms with Crippen LogP contribution < -0.4 is 10.3 Å². The van der Waals surface area contributed by atoms with Crippen molar-refractivity contribution in [2.45, 2.75) is 6.54 Å². The number of halogens is 2. The fourth-order valence-electron chi connectivity index (χ4n) is 4.02. The molecule has 4 aromatic carbocycles. The first-order valence-electron chi connectivity index (χ1n) is 11.2. The van der Waals surface area contributed by atoms with Crippen LogP contribution in [0.3, 0.4) is 0 Å². The molecule has 0 aliphatic carbocycles. The minimum Gasteiger partial charge on any atom is -0.491 e. The third-order valence-corrected chi connectivity index (χ3v) is 6.32. The van der Waals surface area contributed by atoms with Gasteiger partial charge in [-0.3, -0.25) is 9.36 Å². The number of aromatic nitrogens is 2. The number of hydrogen-bond donors (Lipinski definition) is 0. The molecule has 1 aromatic heterocycles. The van der Waals surface area contributed by atoms with Crippen molar-refractivity contribution in [3.8, 4) is 17.1 Å². The SMILES string of the molecule is O=c1c2ccccc2nc(-c2ccc(Cl)cc2)n1CCOCCOc1ccc(Cl)c2ccccc12. The van der Waals surface area contributed by atoms with Gasteiger partial charge in [-0.05, 0) is 48.5 Å². The lowest BCUT2D eigenvalue weighted by atomic mass is 10.1. The standard InChI is InChI=1S/C28H22Cl2N2O3/c29-20-11-9-19(10-12-20)27-31-25-8-4-3-7-23(25)28(33)32(27)15-16-34-17-18-35-26-14-13-24(30)21-5-1-2-6-22(21)26/h1-14H,15-18H2. The largest absolute Gasteiger partial charge is 0.491 e. The maximum atomic E-state index is 13.3. The summed E-state index contributed by atoms with van der Waals surface area (Å²) in [5, 5.41) is 3.80. The maximum Gasteiger partial charge on any atom is 0.261 e. The second kappa shape index (κ2) is 10.5. The van der Waals surface area contributed by atoms with E-state index in [1.54, 1.807) is 22.8 Å². The van der Waals surface area contributed by atoms with E-state index < -0.39 is 0 Å². The van der Waals surface area contributed by atoms with Gasteiger partial charge < -0.3 is 9.47 Å². The lowest BCUT2D eigenvalue weighted by Crippen LogP contribution is -2.26. The van der Waals surface area contributed by atoms with Crippen molar-refractivity contribution in [3.63, 3.8) is 0 Å². The van der Waals surface area contributed by atoms with Gasteiger partial charge in [-0.1, -0.05) is 59.6 Å². The van der Waals surface area contributed by atoms with E-state index in [0.717, 1.165) is 22.1 Å². The fourth-order valence-corrected chi connectivity index (χ4v) is 4.38. The Morgan fingerprint density at radius 3 is 2.26 bits per heavy atom. The Morgan fingerprint density at radius 2 is 1.46 bits per heavy atom. The van der Waals surface area contributed by atoms with Gasteiger partial charge in [-0.25, -0.2) is 4.98 Å². The van der Waals surface area contributed by atoms with E-state index in [1.807, 2.05) is 66.7 Å². The van der Waals surface area contributed by atoms with Crippen molar-refractivity contribution >= 4 is 44.9 Å². The average Bonchev–Trinajstić information content (AvgIpc) is 2.89. The summed E-state index contributed by atoms with van der Waals surface area (Å²) in [6, 6.07) is 26.2. The Hall–Kier alpha value is -3.38. The zero-order valence-corrected chi connectivity index (χ0v) is 20.3. The number of rotatable bonds is 8. The van der Waals surface area contributed by atoms with Crippen LogP contribution >= 0.6 is 23.2 Å². The van der Waals surface area contributed by atoms with Gasteiger partial charge in [-0.15, -0.1) is 0 Å². The Balaban J connectivity index is 1.28. The maximum absolute atomic E-state index is 13.3. The van der Waals surface area contributed by atoms with Crippen LogP contribution in [-0.2, 0) is 11.3 Å².